The summed E-state index contributed by atoms with van der Waals surface area (Å²) in [6, 6.07) is 3.58. The van der Waals surface area contributed by atoms with Crippen LogP contribution in [0.25, 0.3) is 11.1 Å². The maximum absolute atomic E-state index is 13.6. The van der Waals surface area contributed by atoms with E-state index >= 15 is 0 Å². The number of aliphatic carboxylic acids is 1. The smallest absolute Gasteiger partial charge is 0.404 e. The number of amides is 1. The first-order valence-electron chi connectivity index (χ1n) is 13.0. The monoisotopic (exact) mass is 555 g/mol. The van der Waals surface area contributed by atoms with E-state index in [1.807, 2.05) is 4.90 Å². The fourth-order valence-corrected chi connectivity index (χ4v) is 5.23. The first-order valence-corrected chi connectivity index (χ1v) is 13.0. The van der Waals surface area contributed by atoms with E-state index in [1.165, 1.54) is 23.5 Å². The van der Waals surface area contributed by atoms with Crippen molar-refractivity contribution in [2.75, 3.05) is 29.9 Å². The number of alkyl halides is 3. The number of pyridine rings is 2. The Labute approximate surface area is 228 Å². The third-order valence-electron chi connectivity index (χ3n) is 7.38. The molecule has 210 valence electrons. The van der Waals surface area contributed by atoms with Crippen molar-refractivity contribution in [3.8, 4) is 11.1 Å². The molecule has 2 N–H and O–H groups in total. The second-order valence-corrected chi connectivity index (χ2v) is 9.95. The number of halogens is 3. The molecule has 0 aliphatic carbocycles. The topological polar surface area (TPSA) is 124 Å². The average Bonchev–Trinajstić information content (AvgIpc) is 3.43. The molecule has 3 aromatic rings. The van der Waals surface area contributed by atoms with Gasteiger partial charge in [0.05, 0.1) is 18.3 Å². The van der Waals surface area contributed by atoms with E-state index in [-0.39, 0.29) is 30.4 Å². The summed E-state index contributed by atoms with van der Waals surface area (Å²) in [5.41, 5.74) is 2.05. The van der Waals surface area contributed by atoms with Crippen LogP contribution in [-0.4, -0.2) is 73.7 Å². The SMILES string of the molecule is O=C(Nc1cc(CN2CCC[C@H]2C(F)(F)F)c(-c2ccncc2)cn1)c1cnc(N2CCC(C(=O)O)CC2)cn1. The van der Waals surface area contributed by atoms with Crippen LogP contribution < -0.4 is 10.2 Å². The molecule has 0 aromatic carbocycles. The fraction of sp³-hybridized carbons (Fsp3) is 0.407. The van der Waals surface area contributed by atoms with Crippen LogP contribution in [0.2, 0.25) is 0 Å². The maximum atomic E-state index is 13.6. The van der Waals surface area contributed by atoms with Gasteiger partial charge in [0, 0.05) is 43.8 Å². The summed E-state index contributed by atoms with van der Waals surface area (Å²) in [4.78, 5) is 44.3. The molecule has 0 saturated carbocycles. The van der Waals surface area contributed by atoms with Gasteiger partial charge in [-0.3, -0.25) is 19.5 Å². The van der Waals surface area contributed by atoms with E-state index in [9.17, 15) is 27.9 Å². The Morgan fingerprint density at radius 3 is 2.40 bits per heavy atom. The first-order chi connectivity index (χ1) is 19.2. The molecular weight excluding hydrogens is 527 g/mol. The fourth-order valence-electron chi connectivity index (χ4n) is 5.23. The highest BCUT2D eigenvalue weighted by Crippen LogP contribution is 2.35. The number of likely N-dealkylation sites (tertiary alicyclic amines) is 1. The maximum Gasteiger partial charge on any atom is 0.404 e. The molecule has 2 aliphatic heterocycles. The minimum absolute atomic E-state index is 0.0420. The molecule has 2 aliphatic rings. The van der Waals surface area contributed by atoms with Crippen molar-refractivity contribution in [3.63, 3.8) is 0 Å². The second kappa shape index (κ2) is 11.5. The summed E-state index contributed by atoms with van der Waals surface area (Å²) in [5, 5.41) is 11.8. The van der Waals surface area contributed by atoms with Crippen molar-refractivity contribution >= 4 is 23.5 Å². The summed E-state index contributed by atoms with van der Waals surface area (Å²) in [7, 11) is 0. The average molecular weight is 556 g/mol. The third kappa shape index (κ3) is 6.19. The van der Waals surface area contributed by atoms with Crippen LogP contribution >= 0.6 is 0 Å². The van der Waals surface area contributed by atoms with Gasteiger partial charge >= 0.3 is 12.1 Å². The lowest BCUT2D eigenvalue weighted by atomic mass is 9.97. The van der Waals surface area contributed by atoms with Crippen LogP contribution in [0.5, 0.6) is 0 Å². The summed E-state index contributed by atoms with van der Waals surface area (Å²) in [6.45, 7) is 1.42. The quantitative estimate of drug-likeness (QED) is 0.445. The van der Waals surface area contributed by atoms with Crippen molar-refractivity contribution < 1.29 is 27.9 Å². The standard InChI is InChI=1S/C27H28F3N7O3/c28-27(29,30)22-2-1-9-37(22)16-19-12-23(33-13-20(19)17-3-7-31-8-4-17)35-25(38)21-14-34-24(15-32-21)36-10-5-18(6-11-36)26(39)40/h3-4,7-8,12-15,18,22H,1-2,5-6,9-11,16H2,(H,39,40)(H,33,35,38)/t22-/m0/s1. The summed E-state index contributed by atoms with van der Waals surface area (Å²) in [6.07, 6.45) is 4.71. The van der Waals surface area contributed by atoms with Crippen LogP contribution in [0.15, 0.2) is 49.2 Å². The lowest BCUT2D eigenvalue weighted by Gasteiger charge is -2.30. The number of anilines is 2. The van der Waals surface area contributed by atoms with Crippen molar-refractivity contribution in [2.45, 2.75) is 44.4 Å². The Morgan fingerprint density at radius 2 is 1.75 bits per heavy atom. The predicted octanol–water partition coefficient (Wildman–Crippen LogP) is 4.01. The van der Waals surface area contributed by atoms with E-state index in [0.29, 0.717) is 55.8 Å². The molecule has 1 atom stereocenters. The number of hydrogen-bond donors (Lipinski definition) is 2. The number of carboxylic acid groups (broad SMARTS) is 1. The van der Waals surface area contributed by atoms with Crippen LogP contribution in [0.1, 0.15) is 41.7 Å². The van der Waals surface area contributed by atoms with Gasteiger partial charge < -0.3 is 15.3 Å². The highest BCUT2D eigenvalue weighted by Gasteiger charge is 2.45. The molecule has 0 unspecified atom stereocenters. The van der Waals surface area contributed by atoms with Crippen LogP contribution in [-0.2, 0) is 11.3 Å². The van der Waals surface area contributed by atoms with E-state index in [1.54, 1.807) is 30.6 Å². The normalized spacial score (nSPS) is 18.6. The number of rotatable bonds is 7. The minimum Gasteiger partial charge on any atom is -0.481 e. The molecular formula is C27H28F3N7O3. The molecule has 1 amide bonds. The van der Waals surface area contributed by atoms with Crippen LogP contribution in [0.3, 0.4) is 0 Å². The number of carboxylic acids is 1. The van der Waals surface area contributed by atoms with Crippen molar-refractivity contribution in [3.05, 3.63) is 60.4 Å². The number of aromatic nitrogens is 4. The molecule has 13 heteroatoms. The van der Waals surface area contributed by atoms with Gasteiger partial charge in [-0.1, -0.05) is 0 Å². The highest BCUT2D eigenvalue weighted by atomic mass is 19.4. The van der Waals surface area contributed by atoms with Gasteiger partial charge in [-0.25, -0.2) is 15.0 Å². The van der Waals surface area contributed by atoms with E-state index in [0.717, 1.165) is 5.56 Å². The van der Waals surface area contributed by atoms with Gasteiger partial charge in [0.25, 0.3) is 5.91 Å². The van der Waals surface area contributed by atoms with Gasteiger partial charge in [0.2, 0.25) is 0 Å². The molecule has 2 saturated heterocycles. The highest BCUT2D eigenvalue weighted by molar-refractivity contribution is 6.02. The molecule has 2 fully saturated rings. The lowest BCUT2D eigenvalue weighted by Crippen LogP contribution is -2.40. The summed E-state index contributed by atoms with van der Waals surface area (Å²) >= 11 is 0. The van der Waals surface area contributed by atoms with Gasteiger partial charge in [0.15, 0.2) is 0 Å². The number of carbonyl (C=O) groups excluding carboxylic acids is 1. The van der Waals surface area contributed by atoms with E-state index in [4.69, 9.17) is 0 Å². The van der Waals surface area contributed by atoms with Crippen molar-refractivity contribution in [1.29, 1.82) is 0 Å². The Kier molecular flexibility index (Phi) is 7.92. The molecule has 40 heavy (non-hydrogen) atoms. The molecule has 5 heterocycles. The number of nitrogens with one attached hydrogen (secondary N) is 1. The zero-order valence-electron chi connectivity index (χ0n) is 21.5. The van der Waals surface area contributed by atoms with Crippen molar-refractivity contribution in [2.24, 2.45) is 5.92 Å². The molecule has 3 aromatic heterocycles. The number of hydrogen-bond acceptors (Lipinski definition) is 8. The zero-order valence-corrected chi connectivity index (χ0v) is 21.5. The largest absolute Gasteiger partial charge is 0.481 e. The van der Waals surface area contributed by atoms with E-state index in [2.05, 4.69) is 25.3 Å². The zero-order chi connectivity index (χ0) is 28.3. The Bertz CT molecular complexity index is 1350. The number of carbonyl (C=O) groups is 2. The molecule has 5 rings (SSSR count). The van der Waals surface area contributed by atoms with Crippen LogP contribution in [0.4, 0.5) is 24.8 Å². The predicted molar refractivity (Wildman–Crippen MR) is 140 cm³/mol. The van der Waals surface area contributed by atoms with Gasteiger partial charge in [-0.15, -0.1) is 0 Å². The molecule has 0 bridgehead atoms. The minimum atomic E-state index is -4.32. The van der Waals surface area contributed by atoms with Gasteiger partial charge in [0.1, 0.15) is 23.4 Å². The lowest BCUT2D eigenvalue weighted by molar-refractivity contribution is -0.177. The number of nitrogens with zero attached hydrogens (tertiary/aromatic N) is 6. The van der Waals surface area contributed by atoms with Crippen LogP contribution in [0, 0.1) is 5.92 Å². The third-order valence-corrected chi connectivity index (χ3v) is 7.38. The summed E-state index contributed by atoms with van der Waals surface area (Å²) < 4.78 is 40.8. The second-order valence-electron chi connectivity index (χ2n) is 9.95. The van der Waals surface area contributed by atoms with E-state index < -0.39 is 24.1 Å². The Morgan fingerprint density at radius 1 is 1.00 bits per heavy atom. The first kappa shape index (κ1) is 27.4. The van der Waals surface area contributed by atoms with Crippen molar-refractivity contribution in [1.82, 2.24) is 24.8 Å². The Balaban J connectivity index is 1.32. The molecule has 0 radical (unpaired) electrons. The number of piperidine rings is 1. The Hall–Kier alpha value is -4.13. The van der Waals surface area contributed by atoms with Gasteiger partial charge in [-0.2, -0.15) is 13.2 Å². The van der Waals surface area contributed by atoms with Gasteiger partial charge in [-0.05, 0) is 61.6 Å². The summed E-state index contributed by atoms with van der Waals surface area (Å²) in [5.74, 6) is -1.01. The molecule has 0 spiro atoms. The molecule has 10 nitrogen and oxygen atoms in total.